The molecule has 6 fully saturated rings. The monoisotopic (exact) mass is 646 g/mol. The van der Waals surface area contributed by atoms with Gasteiger partial charge in [-0.15, -0.1) is 0 Å². The molecular formula is C37H58O9. The van der Waals surface area contributed by atoms with E-state index in [1.807, 2.05) is 0 Å². The number of rotatable bonds is 6. The van der Waals surface area contributed by atoms with Crippen LogP contribution >= 0.6 is 0 Å². The first kappa shape index (κ1) is 34.3. The van der Waals surface area contributed by atoms with Gasteiger partial charge in [0.25, 0.3) is 6.47 Å². The van der Waals surface area contributed by atoms with Gasteiger partial charge >= 0.3 is 5.97 Å². The summed E-state index contributed by atoms with van der Waals surface area (Å²) in [4.78, 5) is 24.0. The molecule has 6 aliphatic rings. The molecule has 9 heteroatoms. The number of hydrogen-bond donors (Lipinski definition) is 5. The molecule has 46 heavy (non-hydrogen) atoms. The topological polar surface area (TPSA) is 154 Å². The van der Waals surface area contributed by atoms with E-state index in [0.29, 0.717) is 24.2 Å². The standard InChI is InChI=1S/C37H58O9/c1-19(2)20-10-15-37(32(43)44)17-16-35(6)21(25(20)37)8-9-24-34(5)13-11-22(33(3,4)23(34)12-14-36(24,35)7)26(39)30-28(41)27(40)29(42)31(46-30)45-18-38/h18,20-31,39-42H,1,8-17H2,2-7H3,(H,43,44)/t20-,21?,22-,23?,24?,25?,26?,27+,28?,29-,30-,31?,34-,35+,36+,37-/m0/s1. The smallest absolute Gasteiger partial charge is 0.309 e. The van der Waals surface area contributed by atoms with E-state index in [1.165, 1.54) is 0 Å². The summed E-state index contributed by atoms with van der Waals surface area (Å²) in [7, 11) is 0. The minimum atomic E-state index is -1.62. The van der Waals surface area contributed by atoms with Gasteiger partial charge in [-0.05, 0) is 128 Å². The molecule has 0 aromatic rings. The van der Waals surface area contributed by atoms with Crippen LogP contribution in [0.5, 0.6) is 0 Å². The fraction of sp³-hybridized carbons (Fsp3) is 0.892. The molecule has 260 valence electrons. The predicted molar refractivity (Wildman–Crippen MR) is 170 cm³/mol. The molecule has 6 rings (SSSR count). The molecule has 16 atom stereocenters. The van der Waals surface area contributed by atoms with Crippen molar-refractivity contribution < 1.29 is 44.6 Å². The van der Waals surface area contributed by atoms with E-state index in [0.717, 1.165) is 63.4 Å². The molecule has 0 spiro atoms. The summed E-state index contributed by atoms with van der Waals surface area (Å²) in [5, 5.41) is 54.1. The van der Waals surface area contributed by atoms with Crippen LogP contribution in [0.4, 0.5) is 0 Å². The lowest BCUT2D eigenvalue weighted by Crippen LogP contribution is -2.68. The molecule has 0 aromatic heterocycles. The molecule has 0 amide bonds. The molecule has 1 aliphatic heterocycles. The van der Waals surface area contributed by atoms with Crippen LogP contribution in [0.2, 0.25) is 0 Å². The van der Waals surface area contributed by atoms with Gasteiger partial charge in [-0.3, -0.25) is 9.59 Å². The number of allylic oxidation sites excluding steroid dienone is 1. The van der Waals surface area contributed by atoms with Crippen molar-refractivity contribution in [2.45, 2.75) is 143 Å². The number of carbonyl (C=O) groups excluding carboxylic acids is 1. The lowest BCUT2D eigenvalue weighted by molar-refractivity contribution is -0.309. The largest absolute Gasteiger partial charge is 0.481 e. The van der Waals surface area contributed by atoms with Gasteiger partial charge < -0.3 is 35.0 Å². The number of carbonyl (C=O) groups is 2. The van der Waals surface area contributed by atoms with E-state index in [2.05, 4.69) is 48.1 Å². The summed E-state index contributed by atoms with van der Waals surface area (Å²) >= 11 is 0. The number of aliphatic hydroxyl groups excluding tert-OH is 4. The average molecular weight is 647 g/mol. The first-order valence-corrected chi connectivity index (χ1v) is 17.8. The summed E-state index contributed by atoms with van der Waals surface area (Å²) in [6.45, 7) is 18.5. The van der Waals surface area contributed by atoms with Gasteiger partial charge in [0.15, 0.2) is 0 Å². The molecule has 0 aromatic carbocycles. The van der Waals surface area contributed by atoms with Crippen molar-refractivity contribution in [2.24, 2.45) is 62.6 Å². The van der Waals surface area contributed by atoms with Gasteiger partial charge in [0.1, 0.15) is 24.4 Å². The maximum absolute atomic E-state index is 13.0. The zero-order valence-electron chi connectivity index (χ0n) is 28.7. The van der Waals surface area contributed by atoms with Crippen LogP contribution in [0, 0.1) is 62.6 Å². The summed E-state index contributed by atoms with van der Waals surface area (Å²) in [5.41, 5.74) is 0.250. The summed E-state index contributed by atoms with van der Waals surface area (Å²) < 4.78 is 10.6. The molecule has 5 N–H and O–H groups in total. The molecule has 9 nitrogen and oxygen atoms in total. The summed E-state index contributed by atoms with van der Waals surface area (Å²) in [6, 6.07) is 0. The molecule has 0 bridgehead atoms. The Labute approximate surface area is 274 Å². The zero-order valence-corrected chi connectivity index (χ0v) is 28.7. The second kappa shape index (κ2) is 11.3. The van der Waals surface area contributed by atoms with Gasteiger partial charge in [0, 0.05) is 0 Å². The number of aliphatic carboxylic acids is 1. The summed E-state index contributed by atoms with van der Waals surface area (Å²) in [5.74, 6) is 0.637. The number of hydrogen-bond acceptors (Lipinski definition) is 8. The first-order valence-electron chi connectivity index (χ1n) is 17.8. The highest BCUT2D eigenvalue weighted by Gasteiger charge is 2.72. The van der Waals surface area contributed by atoms with Crippen molar-refractivity contribution in [3.8, 4) is 0 Å². The normalized spacial score (nSPS) is 53.5. The Balaban J connectivity index is 1.28. The van der Waals surface area contributed by atoms with Crippen LogP contribution in [0.3, 0.4) is 0 Å². The Morgan fingerprint density at radius 3 is 2.20 bits per heavy atom. The van der Waals surface area contributed by atoms with E-state index in [-0.39, 0.29) is 45.9 Å². The number of aliphatic hydroxyl groups is 4. The van der Waals surface area contributed by atoms with Crippen LogP contribution in [-0.2, 0) is 19.1 Å². The van der Waals surface area contributed by atoms with Crippen LogP contribution < -0.4 is 0 Å². The van der Waals surface area contributed by atoms with Crippen LogP contribution in [0.25, 0.3) is 0 Å². The second-order valence-corrected chi connectivity index (χ2v) is 17.8. The van der Waals surface area contributed by atoms with Crippen LogP contribution in [0.15, 0.2) is 12.2 Å². The van der Waals surface area contributed by atoms with E-state index in [9.17, 15) is 35.1 Å². The first-order chi connectivity index (χ1) is 21.4. The number of ether oxygens (including phenoxy) is 2. The lowest BCUT2D eigenvalue weighted by Gasteiger charge is -2.73. The molecule has 1 heterocycles. The van der Waals surface area contributed by atoms with Gasteiger partial charge in [-0.25, -0.2) is 0 Å². The fourth-order valence-electron chi connectivity index (χ4n) is 13.7. The Morgan fingerprint density at radius 2 is 1.57 bits per heavy atom. The predicted octanol–water partition coefficient (Wildman–Crippen LogP) is 4.69. The minimum Gasteiger partial charge on any atom is -0.481 e. The maximum atomic E-state index is 13.0. The number of carboxylic acid groups (broad SMARTS) is 1. The van der Waals surface area contributed by atoms with Crippen molar-refractivity contribution in [1.82, 2.24) is 0 Å². The van der Waals surface area contributed by atoms with Gasteiger partial charge in [-0.1, -0.05) is 46.8 Å². The lowest BCUT2D eigenvalue weighted by atomic mass is 9.31. The third-order valence-corrected chi connectivity index (χ3v) is 16.2. The van der Waals surface area contributed by atoms with Gasteiger partial charge in [0.2, 0.25) is 6.29 Å². The number of fused-ring (bicyclic) bond motifs is 7. The highest BCUT2D eigenvalue weighted by Crippen LogP contribution is 2.78. The third kappa shape index (κ3) is 4.43. The van der Waals surface area contributed by atoms with Crippen molar-refractivity contribution in [3.05, 3.63) is 12.2 Å². The SMILES string of the molecule is C=C(C)[C@@H]1CC[C@]2(C(=O)O)CC[C@]3(C)C(CCC4[C@@]5(C)CC[C@@H](C(O)[C@@H]6OC(OC=O)[C@@H](O)[C@H](O)C6O)C(C)(C)C5CC[C@]43C)C12. The minimum absolute atomic E-state index is 0.0103. The Bertz CT molecular complexity index is 1240. The van der Waals surface area contributed by atoms with Gasteiger partial charge in [-0.2, -0.15) is 0 Å². The molecular weight excluding hydrogens is 588 g/mol. The Hall–Kier alpha value is -1.52. The van der Waals surface area contributed by atoms with E-state index < -0.39 is 48.2 Å². The molecule has 7 unspecified atom stereocenters. The Kier molecular flexibility index (Phi) is 8.41. The summed E-state index contributed by atoms with van der Waals surface area (Å²) in [6.07, 6.45) is 0.521. The highest BCUT2D eigenvalue weighted by atomic mass is 16.7. The quantitative estimate of drug-likeness (QED) is 0.204. The molecule has 1 saturated heterocycles. The Morgan fingerprint density at radius 1 is 0.870 bits per heavy atom. The molecule has 5 aliphatic carbocycles. The van der Waals surface area contributed by atoms with E-state index in [1.54, 1.807) is 0 Å². The second-order valence-electron chi connectivity index (χ2n) is 17.8. The van der Waals surface area contributed by atoms with Gasteiger partial charge in [0.05, 0.1) is 11.5 Å². The van der Waals surface area contributed by atoms with Crippen molar-refractivity contribution >= 4 is 12.4 Å². The molecule has 0 radical (unpaired) electrons. The third-order valence-electron chi connectivity index (χ3n) is 16.2. The molecule has 5 saturated carbocycles. The average Bonchev–Trinajstić information content (AvgIpc) is 3.39. The van der Waals surface area contributed by atoms with Crippen molar-refractivity contribution in [1.29, 1.82) is 0 Å². The van der Waals surface area contributed by atoms with E-state index >= 15 is 0 Å². The zero-order chi connectivity index (χ0) is 33.8. The fourth-order valence-corrected chi connectivity index (χ4v) is 13.7. The van der Waals surface area contributed by atoms with Crippen molar-refractivity contribution in [3.63, 3.8) is 0 Å². The maximum Gasteiger partial charge on any atom is 0.309 e. The number of carboxylic acids is 1. The van der Waals surface area contributed by atoms with E-state index in [4.69, 9.17) is 9.47 Å². The van der Waals surface area contributed by atoms with Crippen LogP contribution in [0.1, 0.15) is 106 Å². The highest BCUT2D eigenvalue weighted by molar-refractivity contribution is 5.76. The van der Waals surface area contributed by atoms with Crippen molar-refractivity contribution in [2.75, 3.05) is 0 Å². The van der Waals surface area contributed by atoms with Crippen LogP contribution in [-0.4, -0.2) is 74.8 Å².